The largest absolute Gasteiger partial charge is 0.303 e. The fourth-order valence-electron chi connectivity index (χ4n) is 2.05. The van der Waals surface area contributed by atoms with Gasteiger partial charge in [0.1, 0.15) is 12.1 Å². The first-order chi connectivity index (χ1) is 6.24. The van der Waals surface area contributed by atoms with Gasteiger partial charge in [-0.3, -0.25) is 4.79 Å². The summed E-state index contributed by atoms with van der Waals surface area (Å²) in [7, 11) is 0. The van der Waals surface area contributed by atoms with E-state index in [1.54, 1.807) is 0 Å². The number of carbonyl (C=O) groups is 2. The van der Waals surface area contributed by atoms with Gasteiger partial charge < -0.3 is 4.79 Å². The van der Waals surface area contributed by atoms with E-state index < -0.39 is 0 Å². The molecule has 0 heterocycles. The Hall–Kier alpha value is -0.660. The molecule has 1 aliphatic rings. The highest BCUT2D eigenvalue weighted by Gasteiger charge is 2.23. The summed E-state index contributed by atoms with van der Waals surface area (Å²) < 4.78 is 0. The molecule has 0 radical (unpaired) electrons. The van der Waals surface area contributed by atoms with Gasteiger partial charge in [0.2, 0.25) is 0 Å². The molecule has 2 unspecified atom stereocenters. The molecule has 0 aromatic heterocycles. The molecular weight excluding hydrogens is 164 g/mol. The van der Waals surface area contributed by atoms with Crippen molar-refractivity contribution >= 4 is 12.1 Å². The first-order valence-corrected chi connectivity index (χ1v) is 5.20. The Bertz CT molecular complexity index is 187. The Balaban J connectivity index is 2.33. The molecule has 2 heteroatoms. The van der Waals surface area contributed by atoms with E-state index in [0.29, 0.717) is 18.1 Å². The molecule has 0 amide bonds. The van der Waals surface area contributed by atoms with Crippen molar-refractivity contribution in [1.29, 1.82) is 0 Å². The molecule has 13 heavy (non-hydrogen) atoms. The molecule has 0 aromatic rings. The number of hydrogen-bond acceptors (Lipinski definition) is 2. The lowest BCUT2D eigenvalue weighted by atomic mass is 9.81. The van der Waals surface area contributed by atoms with Gasteiger partial charge in [-0.25, -0.2) is 0 Å². The molecule has 0 spiro atoms. The summed E-state index contributed by atoms with van der Waals surface area (Å²) in [6.07, 6.45) is 6.53. The van der Waals surface area contributed by atoms with E-state index in [9.17, 15) is 9.59 Å². The van der Waals surface area contributed by atoms with Crippen molar-refractivity contribution in [2.75, 3.05) is 0 Å². The molecule has 0 aromatic carbocycles. The maximum Gasteiger partial charge on any atom is 0.135 e. The Morgan fingerprint density at radius 1 is 1.54 bits per heavy atom. The average molecular weight is 182 g/mol. The number of carbonyl (C=O) groups excluding carboxylic acids is 2. The Morgan fingerprint density at radius 3 is 2.92 bits per heavy atom. The minimum Gasteiger partial charge on any atom is -0.303 e. The van der Waals surface area contributed by atoms with Gasteiger partial charge in [-0.2, -0.15) is 0 Å². The Morgan fingerprint density at radius 2 is 2.31 bits per heavy atom. The molecule has 2 atom stereocenters. The third kappa shape index (κ3) is 3.29. The lowest BCUT2D eigenvalue weighted by Gasteiger charge is -2.22. The van der Waals surface area contributed by atoms with Crippen LogP contribution in [0, 0.1) is 11.8 Å². The number of hydrogen-bond donors (Lipinski definition) is 0. The van der Waals surface area contributed by atoms with E-state index >= 15 is 0 Å². The highest BCUT2D eigenvalue weighted by molar-refractivity contribution is 5.81. The lowest BCUT2D eigenvalue weighted by Crippen LogP contribution is -2.21. The molecule has 1 aliphatic carbocycles. The predicted molar refractivity (Wildman–Crippen MR) is 51.4 cm³/mol. The van der Waals surface area contributed by atoms with E-state index in [1.165, 1.54) is 6.42 Å². The summed E-state index contributed by atoms with van der Waals surface area (Å²) in [6, 6.07) is 0. The average Bonchev–Trinajstić information content (AvgIpc) is 2.09. The van der Waals surface area contributed by atoms with Crippen LogP contribution in [0.3, 0.4) is 0 Å². The summed E-state index contributed by atoms with van der Waals surface area (Å²) in [5.41, 5.74) is 0. The van der Waals surface area contributed by atoms with Crippen LogP contribution in [-0.4, -0.2) is 12.1 Å². The number of Topliss-reactive ketones (excluding diaryl/α,β-unsaturated/α-hetero) is 1. The topological polar surface area (TPSA) is 34.1 Å². The van der Waals surface area contributed by atoms with Gasteiger partial charge in [0, 0.05) is 18.8 Å². The van der Waals surface area contributed by atoms with E-state index in [2.05, 4.69) is 6.92 Å². The quantitative estimate of drug-likeness (QED) is 0.625. The van der Waals surface area contributed by atoms with Crippen LogP contribution in [0.1, 0.15) is 45.4 Å². The second-order valence-corrected chi connectivity index (χ2v) is 4.15. The Kier molecular flexibility index (Phi) is 4.13. The van der Waals surface area contributed by atoms with Crippen molar-refractivity contribution in [1.82, 2.24) is 0 Å². The molecule has 0 saturated heterocycles. The van der Waals surface area contributed by atoms with E-state index in [1.807, 2.05) is 0 Å². The van der Waals surface area contributed by atoms with Crippen LogP contribution in [0.5, 0.6) is 0 Å². The van der Waals surface area contributed by atoms with Gasteiger partial charge in [0.05, 0.1) is 0 Å². The fourth-order valence-corrected chi connectivity index (χ4v) is 2.05. The van der Waals surface area contributed by atoms with Gasteiger partial charge in [0.25, 0.3) is 0 Å². The maximum atomic E-state index is 11.4. The van der Waals surface area contributed by atoms with E-state index in [0.717, 1.165) is 32.0 Å². The predicted octanol–water partition coefficient (Wildman–Crippen LogP) is 2.36. The standard InChI is InChI=1S/C11H18O2/c1-9(6-7-12)8-10-4-2-3-5-11(10)13/h7,9-10H,2-6,8H2,1H3. The molecule has 0 N–H and O–H groups in total. The number of rotatable bonds is 4. The monoisotopic (exact) mass is 182 g/mol. The summed E-state index contributed by atoms with van der Waals surface area (Å²) in [5.74, 6) is 1.05. The molecule has 2 nitrogen and oxygen atoms in total. The van der Waals surface area contributed by atoms with Crippen molar-refractivity contribution in [3.63, 3.8) is 0 Å². The molecule has 1 fully saturated rings. The highest BCUT2D eigenvalue weighted by Crippen LogP contribution is 2.26. The summed E-state index contributed by atoms with van der Waals surface area (Å²) >= 11 is 0. The van der Waals surface area contributed by atoms with Crippen molar-refractivity contribution in [2.24, 2.45) is 11.8 Å². The summed E-state index contributed by atoms with van der Waals surface area (Å²) in [4.78, 5) is 21.7. The van der Waals surface area contributed by atoms with Crippen molar-refractivity contribution in [3.8, 4) is 0 Å². The third-order valence-corrected chi connectivity index (χ3v) is 2.87. The van der Waals surface area contributed by atoms with Crippen LogP contribution in [0.2, 0.25) is 0 Å². The summed E-state index contributed by atoms with van der Waals surface area (Å²) in [6.45, 7) is 2.05. The molecule has 1 saturated carbocycles. The number of ketones is 1. The molecule has 74 valence electrons. The zero-order valence-corrected chi connectivity index (χ0v) is 8.29. The fraction of sp³-hybridized carbons (Fsp3) is 0.818. The zero-order valence-electron chi connectivity index (χ0n) is 8.29. The first-order valence-electron chi connectivity index (χ1n) is 5.20. The van der Waals surface area contributed by atoms with Crippen molar-refractivity contribution in [2.45, 2.75) is 45.4 Å². The normalized spacial score (nSPS) is 25.6. The minimum absolute atomic E-state index is 0.253. The number of aldehydes is 1. The minimum atomic E-state index is 0.253. The zero-order chi connectivity index (χ0) is 9.68. The van der Waals surface area contributed by atoms with E-state index in [4.69, 9.17) is 0 Å². The van der Waals surface area contributed by atoms with Crippen LogP contribution in [-0.2, 0) is 9.59 Å². The van der Waals surface area contributed by atoms with Crippen LogP contribution >= 0.6 is 0 Å². The Labute approximate surface area is 79.7 Å². The van der Waals surface area contributed by atoms with Gasteiger partial charge in [-0.05, 0) is 25.2 Å². The van der Waals surface area contributed by atoms with Crippen LogP contribution < -0.4 is 0 Å². The maximum absolute atomic E-state index is 11.4. The third-order valence-electron chi connectivity index (χ3n) is 2.87. The highest BCUT2D eigenvalue weighted by atomic mass is 16.1. The molecule has 1 rings (SSSR count). The van der Waals surface area contributed by atoms with Crippen molar-refractivity contribution < 1.29 is 9.59 Å². The van der Waals surface area contributed by atoms with Gasteiger partial charge >= 0.3 is 0 Å². The van der Waals surface area contributed by atoms with E-state index in [-0.39, 0.29) is 5.92 Å². The second-order valence-electron chi connectivity index (χ2n) is 4.15. The second kappa shape index (κ2) is 5.15. The smallest absolute Gasteiger partial charge is 0.135 e. The van der Waals surface area contributed by atoms with Gasteiger partial charge in [-0.15, -0.1) is 0 Å². The SMILES string of the molecule is CC(CC=O)CC1CCCCC1=O. The molecule has 0 aliphatic heterocycles. The molecule has 0 bridgehead atoms. The summed E-state index contributed by atoms with van der Waals surface area (Å²) in [5, 5.41) is 0. The molecular formula is C11H18O2. The van der Waals surface area contributed by atoms with Crippen LogP contribution in [0.25, 0.3) is 0 Å². The van der Waals surface area contributed by atoms with Gasteiger partial charge in [-0.1, -0.05) is 13.3 Å². The van der Waals surface area contributed by atoms with Crippen LogP contribution in [0.15, 0.2) is 0 Å². The van der Waals surface area contributed by atoms with Crippen molar-refractivity contribution in [3.05, 3.63) is 0 Å². The first kappa shape index (κ1) is 10.4. The van der Waals surface area contributed by atoms with Crippen LogP contribution in [0.4, 0.5) is 0 Å². The van der Waals surface area contributed by atoms with Gasteiger partial charge in [0.15, 0.2) is 0 Å². The lowest BCUT2D eigenvalue weighted by molar-refractivity contribution is -0.125.